The molecule has 0 saturated carbocycles. The highest BCUT2D eigenvalue weighted by Gasteiger charge is 2.20. The summed E-state index contributed by atoms with van der Waals surface area (Å²) in [7, 11) is 4.98. The minimum absolute atomic E-state index is 0.658. The minimum atomic E-state index is 0.658. The zero-order chi connectivity index (χ0) is 25.5. The third kappa shape index (κ3) is 4.02. The van der Waals surface area contributed by atoms with Crippen molar-refractivity contribution in [1.82, 2.24) is 9.55 Å². The number of fused-ring (bicyclic) bond motifs is 4. The Morgan fingerprint density at radius 3 is 2.22 bits per heavy atom. The molecule has 0 aliphatic heterocycles. The Bertz CT molecular complexity index is 1780. The average molecular weight is 509 g/mol. The molecule has 5 aromatic carbocycles. The van der Waals surface area contributed by atoms with Gasteiger partial charge in [-0.05, 0) is 75.6 Å². The smallest absolute Gasteiger partial charge is 0.161 e. The highest BCUT2D eigenvalue weighted by Crippen LogP contribution is 2.42. The lowest BCUT2D eigenvalue weighted by atomic mass is 9.95. The maximum atomic E-state index is 6.37. The van der Waals surface area contributed by atoms with Crippen LogP contribution in [0.25, 0.3) is 44.0 Å². The van der Waals surface area contributed by atoms with Gasteiger partial charge in [-0.1, -0.05) is 48.0 Å². The Hall–Kier alpha value is -4.22. The molecule has 37 heavy (non-hydrogen) atoms. The minimum Gasteiger partial charge on any atom is -0.497 e. The molecule has 0 spiro atoms. The zero-order valence-corrected chi connectivity index (χ0v) is 21.5. The lowest BCUT2D eigenvalue weighted by molar-refractivity contribution is 0.356. The van der Waals surface area contributed by atoms with Gasteiger partial charge in [0.1, 0.15) is 11.6 Å². The van der Waals surface area contributed by atoms with E-state index in [1.165, 1.54) is 5.56 Å². The van der Waals surface area contributed by atoms with Crippen molar-refractivity contribution in [2.24, 2.45) is 0 Å². The van der Waals surface area contributed by atoms with Crippen LogP contribution in [0.5, 0.6) is 17.2 Å². The van der Waals surface area contributed by atoms with Crippen LogP contribution < -0.4 is 14.2 Å². The van der Waals surface area contributed by atoms with E-state index < -0.39 is 0 Å². The lowest BCUT2D eigenvalue weighted by Gasteiger charge is -2.16. The summed E-state index contributed by atoms with van der Waals surface area (Å²) in [5.41, 5.74) is 4.05. The molecule has 6 heteroatoms. The number of hydrogen-bond acceptors (Lipinski definition) is 4. The van der Waals surface area contributed by atoms with Crippen LogP contribution >= 0.6 is 11.6 Å². The van der Waals surface area contributed by atoms with Gasteiger partial charge in [0, 0.05) is 17.1 Å². The SMILES string of the molecule is COc1ccc2cc(-c3nc4cc(Cl)ccc4n3Cc3ccccc3)c3cc(OC)c(OC)cc3c2c1. The van der Waals surface area contributed by atoms with Crippen LogP contribution in [0.1, 0.15) is 5.56 Å². The Morgan fingerprint density at radius 2 is 1.49 bits per heavy atom. The lowest BCUT2D eigenvalue weighted by Crippen LogP contribution is -2.03. The molecule has 0 aliphatic rings. The summed E-state index contributed by atoms with van der Waals surface area (Å²) in [6.45, 7) is 0.670. The molecule has 0 fully saturated rings. The van der Waals surface area contributed by atoms with Gasteiger partial charge in [-0.25, -0.2) is 4.98 Å². The Balaban J connectivity index is 1.71. The molecule has 5 nitrogen and oxygen atoms in total. The molecule has 0 amide bonds. The molecule has 0 radical (unpaired) electrons. The van der Waals surface area contributed by atoms with E-state index in [9.17, 15) is 0 Å². The van der Waals surface area contributed by atoms with Gasteiger partial charge in [0.25, 0.3) is 0 Å². The van der Waals surface area contributed by atoms with Crippen LogP contribution in [-0.4, -0.2) is 30.9 Å². The van der Waals surface area contributed by atoms with Gasteiger partial charge < -0.3 is 18.8 Å². The Morgan fingerprint density at radius 1 is 0.730 bits per heavy atom. The van der Waals surface area contributed by atoms with Crippen LogP contribution in [0.3, 0.4) is 0 Å². The molecule has 0 saturated heterocycles. The Kier molecular flexibility index (Phi) is 5.85. The van der Waals surface area contributed by atoms with Crippen LogP contribution in [0.15, 0.2) is 84.9 Å². The van der Waals surface area contributed by atoms with E-state index >= 15 is 0 Å². The molecular weight excluding hydrogens is 484 g/mol. The van der Waals surface area contributed by atoms with Crippen molar-refractivity contribution < 1.29 is 14.2 Å². The predicted octanol–water partition coefficient (Wildman–Crippen LogP) is 7.74. The normalized spacial score (nSPS) is 11.4. The van der Waals surface area contributed by atoms with E-state index in [-0.39, 0.29) is 0 Å². The zero-order valence-electron chi connectivity index (χ0n) is 20.8. The third-order valence-corrected chi connectivity index (χ3v) is 7.03. The maximum absolute atomic E-state index is 6.37. The van der Waals surface area contributed by atoms with Crippen molar-refractivity contribution in [3.63, 3.8) is 0 Å². The molecule has 6 aromatic rings. The number of aromatic nitrogens is 2. The monoisotopic (exact) mass is 508 g/mol. The summed E-state index contributed by atoms with van der Waals surface area (Å²) in [4.78, 5) is 5.11. The first-order chi connectivity index (χ1) is 18.1. The van der Waals surface area contributed by atoms with E-state index in [1.807, 2.05) is 42.5 Å². The highest BCUT2D eigenvalue weighted by molar-refractivity contribution is 6.31. The molecule has 0 N–H and O–H groups in total. The van der Waals surface area contributed by atoms with E-state index in [0.717, 1.165) is 49.7 Å². The molecule has 1 heterocycles. The quantitative estimate of drug-likeness (QED) is 0.216. The summed E-state index contributed by atoms with van der Waals surface area (Å²) < 4.78 is 19.2. The van der Waals surface area contributed by atoms with Crippen molar-refractivity contribution in [2.75, 3.05) is 21.3 Å². The summed E-state index contributed by atoms with van der Waals surface area (Å²) in [5, 5.41) is 4.83. The fourth-order valence-corrected chi connectivity index (χ4v) is 5.17. The number of halogens is 1. The average Bonchev–Trinajstić information content (AvgIpc) is 3.28. The second-order valence-corrected chi connectivity index (χ2v) is 9.34. The largest absolute Gasteiger partial charge is 0.497 e. The van der Waals surface area contributed by atoms with Gasteiger partial charge in [0.05, 0.1) is 32.4 Å². The number of benzene rings is 5. The predicted molar refractivity (Wildman–Crippen MR) is 150 cm³/mol. The Labute approximate surface area is 219 Å². The first-order valence-corrected chi connectivity index (χ1v) is 12.3. The molecule has 184 valence electrons. The molecule has 0 bridgehead atoms. The van der Waals surface area contributed by atoms with Crippen molar-refractivity contribution in [1.29, 1.82) is 0 Å². The molecule has 0 atom stereocenters. The number of imidazole rings is 1. The van der Waals surface area contributed by atoms with Crippen molar-refractivity contribution in [3.8, 4) is 28.6 Å². The summed E-state index contributed by atoms with van der Waals surface area (Å²) in [5.74, 6) is 2.98. The fourth-order valence-electron chi connectivity index (χ4n) is 5.00. The van der Waals surface area contributed by atoms with Gasteiger partial charge in [0.15, 0.2) is 11.5 Å². The van der Waals surface area contributed by atoms with Crippen LogP contribution in [-0.2, 0) is 6.54 Å². The second-order valence-electron chi connectivity index (χ2n) is 8.90. The van der Waals surface area contributed by atoms with E-state index in [4.69, 9.17) is 30.8 Å². The molecule has 6 rings (SSSR count). The third-order valence-electron chi connectivity index (χ3n) is 6.80. The van der Waals surface area contributed by atoms with Gasteiger partial charge in [-0.15, -0.1) is 0 Å². The van der Waals surface area contributed by atoms with E-state index in [0.29, 0.717) is 23.1 Å². The topological polar surface area (TPSA) is 45.5 Å². The van der Waals surface area contributed by atoms with Gasteiger partial charge >= 0.3 is 0 Å². The first-order valence-electron chi connectivity index (χ1n) is 12.0. The first kappa shape index (κ1) is 23.2. The van der Waals surface area contributed by atoms with Crippen LogP contribution in [0.4, 0.5) is 0 Å². The van der Waals surface area contributed by atoms with Crippen molar-refractivity contribution in [2.45, 2.75) is 6.54 Å². The van der Waals surface area contributed by atoms with E-state index in [1.54, 1.807) is 21.3 Å². The number of nitrogens with zero attached hydrogens (tertiary/aromatic N) is 2. The fraction of sp³-hybridized carbons (Fsp3) is 0.129. The number of ether oxygens (including phenoxy) is 3. The van der Waals surface area contributed by atoms with Gasteiger partial charge in [-0.2, -0.15) is 0 Å². The van der Waals surface area contributed by atoms with Crippen molar-refractivity contribution in [3.05, 3.63) is 95.5 Å². The van der Waals surface area contributed by atoms with Crippen LogP contribution in [0.2, 0.25) is 5.02 Å². The second kappa shape index (κ2) is 9.34. The van der Waals surface area contributed by atoms with Gasteiger partial charge in [0.2, 0.25) is 0 Å². The summed E-state index contributed by atoms with van der Waals surface area (Å²) in [6.07, 6.45) is 0. The molecular formula is C31H25ClN2O3. The highest BCUT2D eigenvalue weighted by atomic mass is 35.5. The standard InChI is InChI=1S/C31H25ClN2O3/c1-35-22-11-9-20-13-26(25-17-30(37-3)29(36-2)16-24(25)23(20)15-22)31-33-27-14-21(32)10-12-28(27)34(31)18-19-7-5-4-6-8-19/h4-17H,18H2,1-3H3. The number of methoxy groups -OCH3 is 3. The summed E-state index contributed by atoms with van der Waals surface area (Å²) in [6, 6.07) is 28.6. The van der Waals surface area contributed by atoms with Gasteiger partial charge in [-0.3, -0.25) is 0 Å². The number of hydrogen-bond donors (Lipinski definition) is 0. The van der Waals surface area contributed by atoms with Crippen molar-refractivity contribution >= 4 is 44.2 Å². The van der Waals surface area contributed by atoms with E-state index in [2.05, 4.69) is 47.0 Å². The molecule has 1 aromatic heterocycles. The molecule has 0 unspecified atom stereocenters. The maximum Gasteiger partial charge on any atom is 0.161 e. The summed E-state index contributed by atoms with van der Waals surface area (Å²) >= 11 is 6.37. The molecule has 0 aliphatic carbocycles. The van der Waals surface area contributed by atoms with Crippen LogP contribution in [0, 0.1) is 0 Å². The number of rotatable bonds is 6.